The standard InChI is InChI=1S/C11H9FN4S/c1-15-6-8(5-13-15)16-10-4-7(12)2-3-9(10)14-11(16)17/h2-6H,1H3,(H,14,17). The number of nitrogens with one attached hydrogen (secondary N) is 1. The average molecular weight is 248 g/mol. The molecule has 2 heterocycles. The van der Waals surface area contributed by atoms with Crippen molar-refractivity contribution in [1.82, 2.24) is 19.3 Å². The van der Waals surface area contributed by atoms with E-state index in [9.17, 15) is 4.39 Å². The van der Waals surface area contributed by atoms with Gasteiger partial charge in [-0.3, -0.25) is 9.25 Å². The highest BCUT2D eigenvalue weighted by Crippen LogP contribution is 2.19. The number of aromatic amines is 1. The van der Waals surface area contributed by atoms with Gasteiger partial charge >= 0.3 is 0 Å². The molecule has 0 amide bonds. The number of H-pyrrole nitrogens is 1. The summed E-state index contributed by atoms with van der Waals surface area (Å²) in [6, 6.07) is 4.53. The molecule has 0 spiro atoms. The fourth-order valence-electron chi connectivity index (χ4n) is 1.86. The molecular weight excluding hydrogens is 239 g/mol. The number of hydrogen-bond acceptors (Lipinski definition) is 2. The summed E-state index contributed by atoms with van der Waals surface area (Å²) in [4.78, 5) is 3.04. The first-order valence-electron chi connectivity index (χ1n) is 5.04. The van der Waals surface area contributed by atoms with Crippen LogP contribution in [-0.4, -0.2) is 19.3 Å². The van der Waals surface area contributed by atoms with Crippen molar-refractivity contribution in [2.45, 2.75) is 0 Å². The van der Waals surface area contributed by atoms with Gasteiger partial charge in [-0.1, -0.05) is 0 Å². The quantitative estimate of drug-likeness (QED) is 0.672. The monoisotopic (exact) mass is 248 g/mol. The van der Waals surface area contributed by atoms with E-state index in [0.29, 0.717) is 10.3 Å². The van der Waals surface area contributed by atoms with Crippen molar-refractivity contribution in [3.63, 3.8) is 0 Å². The minimum Gasteiger partial charge on any atom is -0.330 e. The molecule has 3 rings (SSSR count). The molecule has 0 unspecified atom stereocenters. The Kier molecular flexibility index (Phi) is 2.12. The van der Waals surface area contributed by atoms with E-state index in [2.05, 4.69) is 10.1 Å². The largest absolute Gasteiger partial charge is 0.330 e. The zero-order valence-corrected chi connectivity index (χ0v) is 9.83. The van der Waals surface area contributed by atoms with Crippen LogP contribution in [0, 0.1) is 10.6 Å². The lowest BCUT2D eigenvalue weighted by atomic mass is 10.3. The molecule has 3 aromatic rings. The maximum absolute atomic E-state index is 13.3. The van der Waals surface area contributed by atoms with Crippen LogP contribution in [0.1, 0.15) is 0 Å². The Morgan fingerprint density at radius 3 is 2.94 bits per heavy atom. The van der Waals surface area contributed by atoms with Gasteiger partial charge in [0.15, 0.2) is 4.77 Å². The molecule has 0 aliphatic rings. The van der Waals surface area contributed by atoms with Gasteiger partial charge < -0.3 is 4.98 Å². The third-order valence-electron chi connectivity index (χ3n) is 2.59. The fraction of sp³-hybridized carbons (Fsp3) is 0.0909. The molecule has 1 N–H and O–H groups in total. The minimum atomic E-state index is -0.288. The highest BCUT2D eigenvalue weighted by atomic mass is 32.1. The summed E-state index contributed by atoms with van der Waals surface area (Å²) in [6.07, 6.45) is 3.52. The highest BCUT2D eigenvalue weighted by Gasteiger charge is 2.08. The van der Waals surface area contributed by atoms with E-state index in [4.69, 9.17) is 12.2 Å². The molecule has 0 radical (unpaired) electrons. The van der Waals surface area contributed by atoms with Crippen LogP contribution in [0.4, 0.5) is 4.39 Å². The lowest BCUT2D eigenvalue weighted by molar-refractivity contribution is 0.629. The summed E-state index contributed by atoms with van der Waals surface area (Å²) >= 11 is 5.24. The molecule has 0 aliphatic heterocycles. The molecular formula is C11H9FN4S. The lowest BCUT2D eigenvalue weighted by Gasteiger charge is -1.99. The maximum atomic E-state index is 13.3. The third-order valence-corrected chi connectivity index (χ3v) is 2.88. The smallest absolute Gasteiger partial charge is 0.182 e. The SMILES string of the molecule is Cn1cc(-n2c(=S)[nH]c3ccc(F)cc32)cn1. The highest BCUT2D eigenvalue weighted by molar-refractivity contribution is 7.71. The van der Waals surface area contributed by atoms with Gasteiger partial charge in [0.05, 0.1) is 22.9 Å². The molecule has 0 aliphatic carbocycles. The topological polar surface area (TPSA) is 38.5 Å². The molecule has 0 saturated carbocycles. The third kappa shape index (κ3) is 1.57. The Bertz CT molecular complexity index is 752. The molecule has 4 nitrogen and oxygen atoms in total. The molecule has 6 heteroatoms. The summed E-state index contributed by atoms with van der Waals surface area (Å²) in [7, 11) is 1.82. The summed E-state index contributed by atoms with van der Waals surface area (Å²) in [5, 5.41) is 4.08. The number of halogens is 1. The number of rotatable bonds is 1. The van der Waals surface area contributed by atoms with Crippen LogP contribution in [0.3, 0.4) is 0 Å². The number of hydrogen-bond donors (Lipinski definition) is 1. The summed E-state index contributed by atoms with van der Waals surface area (Å²) < 4.78 is 17.2. The van der Waals surface area contributed by atoms with Gasteiger partial charge in [-0.25, -0.2) is 4.39 Å². The first kappa shape index (κ1) is 10.2. The summed E-state index contributed by atoms with van der Waals surface area (Å²) in [5.41, 5.74) is 2.33. The summed E-state index contributed by atoms with van der Waals surface area (Å²) in [6.45, 7) is 0. The van der Waals surface area contributed by atoms with E-state index in [1.54, 1.807) is 21.5 Å². The zero-order chi connectivity index (χ0) is 12.0. The van der Waals surface area contributed by atoms with Crippen molar-refractivity contribution in [3.8, 4) is 5.69 Å². The lowest BCUT2D eigenvalue weighted by Crippen LogP contribution is -1.92. The van der Waals surface area contributed by atoms with Crippen molar-refractivity contribution in [2.75, 3.05) is 0 Å². The van der Waals surface area contributed by atoms with Crippen LogP contribution in [0.15, 0.2) is 30.6 Å². The number of aromatic nitrogens is 4. The molecule has 0 atom stereocenters. The second-order valence-corrected chi connectivity index (χ2v) is 4.19. The van der Waals surface area contributed by atoms with E-state index in [1.807, 2.05) is 13.2 Å². The summed E-state index contributed by atoms with van der Waals surface area (Å²) in [5.74, 6) is -0.288. The van der Waals surface area contributed by atoms with Crippen LogP contribution in [0.5, 0.6) is 0 Å². The Labute approximate surface area is 101 Å². The van der Waals surface area contributed by atoms with Gasteiger partial charge in [-0.05, 0) is 24.4 Å². The van der Waals surface area contributed by atoms with E-state index in [0.717, 1.165) is 11.2 Å². The predicted molar refractivity (Wildman–Crippen MR) is 65.2 cm³/mol. The van der Waals surface area contributed by atoms with Crippen LogP contribution in [0.25, 0.3) is 16.7 Å². The first-order valence-corrected chi connectivity index (χ1v) is 5.45. The minimum absolute atomic E-state index is 0.288. The van der Waals surface area contributed by atoms with Gasteiger partial charge in [-0.2, -0.15) is 5.10 Å². The molecule has 86 valence electrons. The van der Waals surface area contributed by atoms with E-state index in [1.165, 1.54) is 12.1 Å². The molecule has 2 aromatic heterocycles. The van der Waals surface area contributed by atoms with E-state index < -0.39 is 0 Å². The van der Waals surface area contributed by atoms with Crippen LogP contribution < -0.4 is 0 Å². The average Bonchev–Trinajstić information content (AvgIpc) is 2.81. The second kappa shape index (κ2) is 3.53. The van der Waals surface area contributed by atoms with Crippen LogP contribution >= 0.6 is 12.2 Å². The molecule has 0 fully saturated rings. The molecule has 17 heavy (non-hydrogen) atoms. The van der Waals surface area contributed by atoms with Crippen molar-refractivity contribution in [3.05, 3.63) is 41.2 Å². The van der Waals surface area contributed by atoms with Gasteiger partial charge in [0.1, 0.15) is 5.82 Å². The number of fused-ring (bicyclic) bond motifs is 1. The van der Waals surface area contributed by atoms with Crippen molar-refractivity contribution in [2.24, 2.45) is 7.05 Å². The van der Waals surface area contributed by atoms with E-state index in [-0.39, 0.29) is 5.82 Å². The number of nitrogens with zero attached hydrogens (tertiary/aromatic N) is 3. The van der Waals surface area contributed by atoms with Crippen molar-refractivity contribution < 1.29 is 4.39 Å². The second-order valence-electron chi connectivity index (χ2n) is 3.80. The zero-order valence-electron chi connectivity index (χ0n) is 9.01. The number of benzene rings is 1. The number of aryl methyl sites for hydroxylation is 1. The van der Waals surface area contributed by atoms with Gasteiger partial charge in [0, 0.05) is 19.3 Å². The predicted octanol–water partition coefficient (Wildman–Crippen LogP) is 2.56. The number of imidazole rings is 1. The Hall–Kier alpha value is -1.95. The molecule has 0 saturated heterocycles. The van der Waals surface area contributed by atoms with E-state index >= 15 is 0 Å². The van der Waals surface area contributed by atoms with Gasteiger partial charge in [0.25, 0.3) is 0 Å². The fourth-order valence-corrected chi connectivity index (χ4v) is 2.17. The van der Waals surface area contributed by atoms with Crippen LogP contribution in [0.2, 0.25) is 0 Å². The first-order chi connectivity index (χ1) is 8.15. The van der Waals surface area contributed by atoms with Crippen molar-refractivity contribution in [1.29, 1.82) is 0 Å². The normalized spacial score (nSPS) is 11.2. The maximum Gasteiger partial charge on any atom is 0.182 e. The Morgan fingerprint density at radius 2 is 2.24 bits per heavy atom. The van der Waals surface area contributed by atoms with Crippen molar-refractivity contribution >= 4 is 23.3 Å². The molecule has 1 aromatic carbocycles. The Morgan fingerprint density at radius 1 is 1.41 bits per heavy atom. The van der Waals surface area contributed by atoms with Crippen LogP contribution in [-0.2, 0) is 7.05 Å². The van der Waals surface area contributed by atoms with Gasteiger partial charge in [-0.15, -0.1) is 0 Å². The van der Waals surface area contributed by atoms with Gasteiger partial charge in [0.2, 0.25) is 0 Å². The molecule has 0 bridgehead atoms. The Balaban J connectivity index is 2.39.